The number of halogens is 1. The largest absolute Gasteiger partial charge is 0.459 e. The minimum Gasteiger partial charge on any atom is -0.459 e. The Morgan fingerprint density at radius 2 is 1.70 bits per heavy atom. The molecule has 2 amide bonds. The van der Waals surface area contributed by atoms with Gasteiger partial charge in [0.25, 0.3) is 5.91 Å². The number of piperazine rings is 1. The lowest BCUT2D eigenvalue weighted by molar-refractivity contribution is -0.122. The number of nitrogens with zero attached hydrogens (tertiary/aromatic N) is 2. The van der Waals surface area contributed by atoms with Crippen molar-refractivity contribution < 1.29 is 23.5 Å². The Morgan fingerprint density at radius 1 is 0.939 bits per heavy atom. The molecule has 2 aromatic carbocycles. The third kappa shape index (κ3) is 4.53. The number of carbonyl (C=O) groups is 2. The molecule has 0 unspecified atom stereocenters. The van der Waals surface area contributed by atoms with Crippen LogP contribution in [0.2, 0.25) is 5.02 Å². The van der Waals surface area contributed by atoms with E-state index in [1.54, 1.807) is 47.4 Å². The van der Waals surface area contributed by atoms with E-state index in [1.807, 2.05) is 12.1 Å². The normalized spacial score (nSPS) is 16.5. The minimum atomic E-state index is -0.548. The Kier molecular flexibility index (Phi) is 5.93. The van der Waals surface area contributed by atoms with E-state index in [0.717, 1.165) is 5.56 Å². The van der Waals surface area contributed by atoms with Gasteiger partial charge in [0.1, 0.15) is 6.04 Å². The van der Waals surface area contributed by atoms with E-state index in [2.05, 4.69) is 10.2 Å². The number of furan rings is 1. The summed E-state index contributed by atoms with van der Waals surface area (Å²) in [5, 5.41) is 3.59. The fourth-order valence-electron chi connectivity index (χ4n) is 4.10. The second kappa shape index (κ2) is 9.17. The number of amides is 2. The van der Waals surface area contributed by atoms with Crippen molar-refractivity contribution >= 4 is 29.1 Å². The molecule has 8 nitrogen and oxygen atoms in total. The van der Waals surface area contributed by atoms with Crippen LogP contribution in [0.25, 0.3) is 0 Å². The van der Waals surface area contributed by atoms with Crippen molar-refractivity contribution in [1.29, 1.82) is 0 Å². The number of rotatable bonds is 5. The molecule has 1 atom stereocenters. The van der Waals surface area contributed by atoms with Gasteiger partial charge in [0.2, 0.25) is 12.7 Å². The molecule has 1 aromatic heterocycles. The number of hydrogen-bond donors (Lipinski definition) is 1. The summed E-state index contributed by atoms with van der Waals surface area (Å²) in [5.74, 6) is 1.24. The molecule has 170 valence electrons. The van der Waals surface area contributed by atoms with Crippen LogP contribution in [-0.2, 0) is 4.79 Å². The summed E-state index contributed by atoms with van der Waals surface area (Å²) >= 11 is 6.08. The van der Waals surface area contributed by atoms with E-state index in [9.17, 15) is 9.59 Å². The van der Waals surface area contributed by atoms with Crippen LogP contribution in [-0.4, -0.2) is 54.6 Å². The molecular weight excluding hydrogens is 446 g/mol. The van der Waals surface area contributed by atoms with E-state index in [0.29, 0.717) is 54.1 Å². The molecule has 2 aliphatic heterocycles. The maximum Gasteiger partial charge on any atom is 0.289 e. The molecule has 3 heterocycles. The third-order valence-electron chi connectivity index (χ3n) is 5.77. The third-order valence-corrected chi connectivity index (χ3v) is 6.02. The van der Waals surface area contributed by atoms with Crippen molar-refractivity contribution in [2.45, 2.75) is 6.04 Å². The van der Waals surface area contributed by atoms with Crippen LogP contribution < -0.4 is 14.8 Å². The van der Waals surface area contributed by atoms with Gasteiger partial charge in [-0.1, -0.05) is 23.7 Å². The van der Waals surface area contributed by atoms with Crippen molar-refractivity contribution in [2.75, 3.05) is 38.3 Å². The van der Waals surface area contributed by atoms with Gasteiger partial charge in [-0.2, -0.15) is 0 Å². The maximum atomic E-state index is 13.4. The highest BCUT2D eigenvalue weighted by molar-refractivity contribution is 6.30. The molecule has 5 rings (SSSR count). The Labute approximate surface area is 195 Å². The van der Waals surface area contributed by atoms with Crippen molar-refractivity contribution in [3.8, 4) is 11.5 Å². The van der Waals surface area contributed by atoms with Gasteiger partial charge in [0.15, 0.2) is 17.3 Å². The molecule has 0 saturated carbocycles. The molecule has 0 spiro atoms. The van der Waals surface area contributed by atoms with Crippen LogP contribution in [0.1, 0.15) is 22.2 Å². The fraction of sp³-hybridized carbons (Fsp3) is 0.250. The first-order chi connectivity index (χ1) is 16.1. The fourth-order valence-corrected chi connectivity index (χ4v) is 4.22. The lowest BCUT2D eigenvalue weighted by Crippen LogP contribution is -2.51. The SMILES string of the molecule is O=C(Nc1ccc2c(c1)OCO2)[C@@H](c1ccc(Cl)cc1)N1CCN(C(=O)c2ccco2)CC1. The molecular formula is C24H22ClN3O5. The van der Waals surface area contributed by atoms with Crippen molar-refractivity contribution in [2.24, 2.45) is 0 Å². The number of carbonyl (C=O) groups excluding carboxylic acids is 2. The summed E-state index contributed by atoms with van der Waals surface area (Å²) in [6, 6.07) is 15.4. The molecule has 3 aromatic rings. The predicted octanol–water partition coefficient (Wildman–Crippen LogP) is 3.80. The molecule has 1 N–H and O–H groups in total. The Balaban J connectivity index is 1.33. The van der Waals surface area contributed by atoms with Crippen LogP contribution >= 0.6 is 11.6 Å². The van der Waals surface area contributed by atoms with Gasteiger partial charge in [0.05, 0.1) is 6.26 Å². The van der Waals surface area contributed by atoms with E-state index < -0.39 is 6.04 Å². The molecule has 33 heavy (non-hydrogen) atoms. The smallest absolute Gasteiger partial charge is 0.289 e. The number of ether oxygens (including phenoxy) is 2. The topological polar surface area (TPSA) is 84.3 Å². The van der Waals surface area contributed by atoms with Crippen LogP contribution in [0.15, 0.2) is 65.3 Å². The van der Waals surface area contributed by atoms with Gasteiger partial charge in [-0.05, 0) is 42.0 Å². The lowest BCUT2D eigenvalue weighted by Gasteiger charge is -2.38. The van der Waals surface area contributed by atoms with E-state index in [1.165, 1.54) is 6.26 Å². The van der Waals surface area contributed by atoms with E-state index in [-0.39, 0.29) is 18.6 Å². The number of benzene rings is 2. The van der Waals surface area contributed by atoms with Gasteiger partial charge >= 0.3 is 0 Å². The number of hydrogen-bond acceptors (Lipinski definition) is 6. The van der Waals surface area contributed by atoms with Crippen LogP contribution in [0, 0.1) is 0 Å². The molecule has 0 aliphatic carbocycles. The quantitative estimate of drug-likeness (QED) is 0.614. The van der Waals surface area contributed by atoms with Crippen LogP contribution in [0.5, 0.6) is 11.5 Å². The summed E-state index contributed by atoms with van der Waals surface area (Å²) in [4.78, 5) is 29.9. The molecule has 1 saturated heterocycles. The highest BCUT2D eigenvalue weighted by atomic mass is 35.5. The lowest BCUT2D eigenvalue weighted by atomic mass is 10.0. The monoisotopic (exact) mass is 467 g/mol. The number of nitrogens with one attached hydrogen (secondary N) is 1. The van der Waals surface area contributed by atoms with Gasteiger partial charge < -0.3 is 24.1 Å². The zero-order valence-corrected chi connectivity index (χ0v) is 18.5. The second-order valence-corrected chi connectivity index (χ2v) is 8.25. The number of fused-ring (bicyclic) bond motifs is 1. The Hall–Kier alpha value is -3.49. The molecule has 2 aliphatic rings. The molecule has 9 heteroatoms. The van der Waals surface area contributed by atoms with Crippen molar-refractivity contribution in [3.05, 3.63) is 77.2 Å². The zero-order valence-electron chi connectivity index (χ0n) is 17.7. The van der Waals surface area contributed by atoms with Crippen molar-refractivity contribution in [3.63, 3.8) is 0 Å². The van der Waals surface area contributed by atoms with Gasteiger partial charge in [-0.15, -0.1) is 0 Å². The molecule has 0 bridgehead atoms. The maximum absolute atomic E-state index is 13.4. The zero-order chi connectivity index (χ0) is 22.8. The highest BCUT2D eigenvalue weighted by Gasteiger charge is 2.32. The summed E-state index contributed by atoms with van der Waals surface area (Å²) < 4.78 is 16.0. The first kappa shape index (κ1) is 21.4. The van der Waals surface area contributed by atoms with E-state index in [4.69, 9.17) is 25.5 Å². The van der Waals surface area contributed by atoms with Crippen LogP contribution in [0.3, 0.4) is 0 Å². The Morgan fingerprint density at radius 3 is 2.42 bits per heavy atom. The Bertz CT molecular complexity index is 1140. The highest BCUT2D eigenvalue weighted by Crippen LogP contribution is 2.35. The van der Waals surface area contributed by atoms with Gasteiger partial charge in [-0.25, -0.2) is 0 Å². The van der Waals surface area contributed by atoms with Crippen molar-refractivity contribution in [1.82, 2.24) is 9.80 Å². The summed E-state index contributed by atoms with van der Waals surface area (Å²) in [7, 11) is 0. The first-order valence-electron chi connectivity index (χ1n) is 10.6. The molecule has 0 radical (unpaired) electrons. The number of anilines is 1. The second-order valence-electron chi connectivity index (χ2n) is 7.82. The average molecular weight is 468 g/mol. The standard InChI is InChI=1S/C24H22ClN3O5/c25-17-5-3-16(4-6-17)22(23(29)26-18-7-8-19-21(14-18)33-15-32-19)27-9-11-28(12-10-27)24(30)20-2-1-13-31-20/h1-8,13-14,22H,9-12,15H2,(H,26,29)/t22-/m1/s1. The summed E-state index contributed by atoms with van der Waals surface area (Å²) in [6.07, 6.45) is 1.49. The first-order valence-corrected chi connectivity index (χ1v) is 11.0. The van der Waals surface area contributed by atoms with Gasteiger partial charge in [-0.3, -0.25) is 14.5 Å². The molecule has 1 fully saturated rings. The minimum absolute atomic E-state index is 0.146. The van der Waals surface area contributed by atoms with E-state index >= 15 is 0 Å². The average Bonchev–Trinajstić information content (AvgIpc) is 3.52. The summed E-state index contributed by atoms with van der Waals surface area (Å²) in [5.41, 5.74) is 1.44. The predicted molar refractivity (Wildman–Crippen MR) is 122 cm³/mol. The van der Waals surface area contributed by atoms with Gasteiger partial charge in [0, 0.05) is 43.0 Å². The van der Waals surface area contributed by atoms with Crippen LogP contribution in [0.4, 0.5) is 5.69 Å². The summed E-state index contributed by atoms with van der Waals surface area (Å²) in [6.45, 7) is 2.21.